The Balaban J connectivity index is 1.41. The molecule has 0 radical (unpaired) electrons. The molecule has 2 aliphatic carbocycles. The number of ether oxygens (including phenoxy) is 1. The molecule has 2 atom stereocenters. The van der Waals surface area contributed by atoms with Crippen molar-refractivity contribution in [2.45, 2.75) is 51.6 Å². The number of carbonyl (C=O) groups is 1. The van der Waals surface area contributed by atoms with Crippen molar-refractivity contribution in [3.63, 3.8) is 0 Å². The van der Waals surface area contributed by atoms with Gasteiger partial charge in [-0.1, -0.05) is 6.92 Å². The topological polar surface area (TPSA) is 83.3 Å². The van der Waals surface area contributed by atoms with Gasteiger partial charge in [-0.25, -0.2) is 4.79 Å². The highest BCUT2D eigenvalue weighted by Crippen LogP contribution is 2.47. The molecule has 3 fully saturated rings. The van der Waals surface area contributed by atoms with Crippen molar-refractivity contribution in [1.82, 2.24) is 13.5 Å². The van der Waals surface area contributed by atoms with Crippen LogP contribution in [0.5, 0.6) is 0 Å². The molecule has 0 bridgehead atoms. The van der Waals surface area contributed by atoms with Crippen LogP contribution < -0.4 is 0 Å². The van der Waals surface area contributed by atoms with Gasteiger partial charge in [0.1, 0.15) is 11.5 Å². The Bertz CT molecular complexity index is 811. The Kier molecular flexibility index (Phi) is 5.41. The summed E-state index contributed by atoms with van der Waals surface area (Å²) in [4.78, 5) is 13.4. The Morgan fingerprint density at radius 3 is 2.50 bits per heavy atom. The number of nitrogens with zero attached hydrogens (tertiary/aromatic N) is 3. The third-order valence-electron chi connectivity index (χ3n) is 5.81. The van der Waals surface area contributed by atoms with Crippen LogP contribution in [-0.4, -0.2) is 66.8 Å². The van der Waals surface area contributed by atoms with Gasteiger partial charge in [-0.15, -0.1) is 0 Å². The number of hydrogen-bond acceptors (Lipinski definition) is 5. The number of carbonyl (C=O) groups excluding carboxylic acids is 1. The highest BCUT2D eigenvalue weighted by molar-refractivity contribution is 7.86. The predicted octanol–water partition coefficient (Wildman–Crippen LogP) is 2.39. The van der Waals surface area contributed by atoms with Crippen LogP contribution in [-0.2, 0) is 21.5 Å². The van der Waals surface area contributed by atoms with E-state index in [1.54, 1.807) is 16.1 Å². The van der Waals surface area contributed by atoms with Crippen LogP contribution in [0.1, 0.15) is 50.5 Å². The van der Waals surface area contributed by atoms with E-state index in [2.05, 4.69) is 6.92 Å². The zero-order valence-electron chi connectivity index (χ0n) is 16.5. The highest BCUT2D eigenvalue weighted by atomic mass is 32.2. The largest absolute Gasteiger partial charge is 0.464 e. The fraction of sp³-hybridized carbons (Fsp3) is 0.737. The molecule has 0 spiro atoms. The van der Waals surface area contributed by atoms with Gasteiger partial charge in [-0.05, 0) is 44.2 Å². The van der Waals surface area contributed by atoms with Gasteiger partial charge in [0, 0.05) is 38.1 Å². The lowest BCUT2D eigenvalue weighted by Gasteiger charge is -2.36. The maximum Gasteiger partial charge on any atom is 0.409 e. The second-order valence-corrected chi connectivity index (χ2v) is 9.87. The van der Waals surface area contributed by atoms with E-state index in [0.29, 0.717) is 37.3 Å². The second-order valence-electron chi connectivity index (χ2n) is 7.99. The van der Waals surface area contributed by atoms with Gasteiger partial charge in [0.15, 0.2) is 0 Å². The summed E-state index contributed by atoms with van der Waals surface area (Å²) in [5.74, 6) is 2.81. The quantitative estimate of drug-likeness (QED) is 0.688. The summed E-state index contributed by atoms with van der Waals surface area (Å²) in [6.07, 6.45) is 2.53. The molecule has 1 amide bonds. The molecule has 1 aromatic rings. The first-order valence-corrected chi connectivity index (χ1v) is 11.6. The van der Waals surface area contributed by atoms with E-state index in [4.69, 9.17) is 9.15 Å². The van der Waals surface area contributed by atoms with Crippen molar-refractivity contribution < 1.29 is 22.4 Å². The maximum absolute atomic E-state index is 13.3. The summed E-state index contributed by atoms with van der Waals surface area (Å²) in [5, 5.41) is 0. The van der Waals surface area contributed by atoms with Gasteiger partial charge in [0.05, 0.1) is 13.2 Å². The van der Waals surface area contributed by atoms with E-state index >= 15 is 0 Å². The Morgan fingerprint density at radius 2 is 1.93 bits per heavy atom. The summed E-state index contributed by atoms with van der Waals surface area (Å²) in [6, 6.07) is 3.94. The Labute approximate surface area is 166 Å². The monoisotopic (exact) mass is 411 g/mol. The molecular formula is C19H29N3O5S. The average molecular weight is 412 g/mol. The van der Waals surface area contributed by atoms with Crippen LogP contribution in [0.15, 0.2) is 16.5 Å². The third kappa shape index (κ3) is 4.06. The van der Waals surface area contributed by atoms with Crippen LogP contribution in [0.2, 0.25) is 0 Å². The van der Waals surface area contributed by atoms with Crippen LogP contribution >= 0.6 is 0 Å². The summed E-state index contributed by atoms with van der Waals surface area (Å²) in [5.41, 5.74) is 0. The first kappa shape index (κ1) is 19.7. The number of amides is 1. The standard InChI is InChI=1S/C19H29N3O5S/c1-3-26-19(23)20-8-10-21(11-9-20)28(24,25)22(15-4-5-15)13-16-6-7-18(27-16)17-12-14(17)2/h6-7,14-15,17H,3-5,8-13H2,1-2H3. The maximum atomic E-state index is 13.3. The van der Waals surface area contributed by atoms with Gasteiger partial charge in [0.2, 0.25) is 0 Å². The Hall–Kier alpha value is -1.58. The van der Waals surface area contributed by atoms with E-state index < -0.39 is 10.2 Å². The second kappa shape index (κ2) is 7.68. The number of piperazine rings is 1. The zero-order valence-corrected chi connectivity index (χ0v) is 17.4. The number of hydrogen-bond donors (Lipinski definition) is 0. The molecule has 156 valence electrons. The lowest BCUT2D eigenvalue weighted by atomic mass is 10.3. The molecule has 1 aromatic heterocycles. The van der Waals surface area contributed by atoms with Gasteiger partial charge in [0.25, 0.3) is 10.2 Å². The minimum atomic E-state index is -3.60. The van der Waals surface area contributed by atoms with E-state index in [-0.39, 0.29) is 31.8 Å². The SMILES string of the molecule is CCOC(=O)N1CCN(S(=O)(=O)N(Cc2ccc(C3CC3C)o2)C2CC2)CC1. The minimum absolute atomic E-state index is 0.0430. The number of furan rings is 1. The van der Waals surface area contributed by atoms with Gasteiger partial charge in [-0.2, -0.15) is 17.0 Å². The van der Waals surface area contributed by atoms with Gasteiger partial charge < -0.3 is 14.1 Å². The average Bonchev–Trinajstić information content (AvgIpc) is 3.60. The lowest BCUT2D eigenvalue weighted by molar-refractivity contribution is 0.0922. The first-order valence-electron chi connectivity index (χ1n) is 10.2. The molecule has 2 saturated carbocycles. The zero-order chi connectivity index (χ0) is 19.9. The lowest BCUT2D eigenvalue weighted by Crippen LogP contribution is -2.54. The van der Waals surface area contributed by atoms with Crippen molar-refractivity contribution in [1.29, 1.82) is 0 Å². The first-order chi connectivity index (χ1) is 13.4. The molecule has 2 heterocycles. The smallest absolute Gasteiger partial charge is 0.409 e. The normalized spacial score (nSPS) is 25.9. The van der Waals surface area contributed by atoms with Crippen molar-refractivity contribution in [2.24, 2.45) is 5.92 Å². The molecule has 9 heteroatoms. The summed E-state index contributed by atoms with van der Waals surface area (Å²) in [7, 11) is -3.60. The van der Waals surface area contributed by atoms with Gasteiger partial charge >= 0.3 is 6.09 Å². The summed E-state index contributed by atoms with van der Waals surface area (Å²) in [6.45, 7) is 5.81. The molecule has 8 nitrogen and oxygen atoms in total. The Morgan fingerprint density at radius 1 is 1.25 bits per heavy atom. The molecule has 2 unspecified atom stereocenters. The van der Waals surface area contributed by atoms with Gasteiger partial charge in [-0.3, -0.25) is 0 Å². The third-order valence-corrected chi connectivity index (χ3v) is 7.85. The molecule has 4 rings (SSSR count). The van der Waals surface area contributed by atoms with Crippen molar-refractivity contribution in [3.8, 4) is 0 Å². The van der Waals surface area contributed by atoms with E-state index in [1.165, 1.54) is 4.31 Å². The molecule has 1 saturated heterocycles. The minimum Gasteiger partial charge on any atom is -0.464 e. The van der Waals surface area contributed by atoms with Crippen LogP contribution in [0.25, 0.3) is 0 Å². The fourth-order valence-corrected chi connectivity index (χ4v) is 5.58. The molecule has 3 aliphatic rings. The van der Waals surface area contributed by atoms with Crippen molar-refractivity contribution in [3.05, 3.63) is 23.7 Å². The summed E-state index contributed by atoms with van der Waals surface area (Å²) >= 11 is 0. The molecule has 0 aromatic carbocycles. The fourth-order valence-electron chi connectivity index (χ4n) is 3.78. The van der Waals surface area contributed by atoms with Crippen LogP contribution in [0, 0.1) is 5.92 Å². The van der Waals surface area contributed by atoms with E-state index in [9.17, 15) is 13.2 Å². The molecular weight excluding hydrogens is 382 g/mol. The summed E-state index contributed by atoms with van der Waals surface area (Å²) < 4.78 is 40.5. The van der Waals surface area contributed by atoms with E-state index in [0.717, 1.165) is 25.0 Å². The van der Waals surface area contributed by atoms with Crippen molar-refractivity contribution >= 4 is 16.3 Å². The van der Waals surface area contributed by atoms with Crippen molar-refractivity contribution in [2.75, 3.05) is 32.8 Å². The number of rotatable bonds is 7. The predicted molar refractivity (Wildman–Crippen MR) is 103 cm³/mol. The van der Waals surface area contributed by atoms with Crippen LogP contribution in [0.3, 0.4) is 0 Å². The highest BCUT2D eigenvalue weighted by Gasteiger charge is 2.42. The van der Waals surface area contributed by atoms with Crippen LogP contribution in [0.4, 0.5) is 4.79 Å². The molecule has 1 aliphatic heterocycles. The van der Waals surface area contributed by atoms with E-state index in [1.807, 2.05) is 12.1 Å². The molecule has 0 N–H and O–H groups in total. The molecule has 28 heavy (non-hydrogen) atoms.